The van der Waals surface area contributed by atoms with E-state index < -0.39 is 11.9 Å². The molecule has 3 atom stereocenters. The fourth-order valence-electron chi connectivity index (χ4n) is 9.91. The highest BCUT2D eigenvalue weighted by atomic mass is 16.5. The van der Waals surface area contributed by atoms with Crippen LogP contribution in [0.1, 0.15) is 64.7 Å². The number of amides is 5. The maximum Gasteiger partial charge on any atom is 0.317 e. The molecule has 15 nitrogen and oxygen atoms in total. The first kappa shape index (κ1) is 40.4. The zero-order valence-electron chi connectivity index (χ0n) is 34.8. The monoisotopic (exact) mass is 808 g/mol. The molecule has 0 spiro atoms. The molecule has 5 aliphatic rings. The maximum absolute atomic E-state index is 13.5. The summed E-state index contributed by atoms with van der Waals surface area (Å²) >= 11 is 0. The Hall–Kier alpha value is -5.41. The van der Waals surface area contributed by atoms with E-state index in [0.29, 0.717) is 62.1 Å². The van der Waals surface area contributed by atoms with Crippen molar-refractivity contribution in [2.24, 2.45) is 13.0 Å². The van der Waals surface area contributed by atoms with Gasteiger partial charge in [0, 0.05) is 87.4 Å². The van der Waals surface area contributed by atoms with Crippen molar-refractivity contribution in [2.75, 3.05) is 72.5 Å². The highest BCUT2D eigenvalue weighted by molar-refractivity contribution is 6.05. The molecule has 5 amide bonds. The van der Waals surface area contributed by atoms with Crippen LogP contribution in [0, 0.1) is 5.92 Å². The Morgan fingerprint density at radius 1 is 0.898 bits per heavy atom. The summed E-state index contributed by atoms with van der Waals surface area (Å²) < 4.78 is 13.2. The number of carbonyl (C=O) groups is 4. The number of nitrogens with one attached hydrogen (secondary N) is 2. The molecule has 1 aromatic heterocycles. The molecule has 2 aromatic carbocycles. The Morgan fingerprint density at radius 3 is 2.39 bits per heavy atom. The van der Waals surface area contributed by atoms with Crippen LogP contribution in [0.25, 0.3) is 11.1 Å². The van der Waals surface area contributed by atoms with E-state index in [-0.39, 0.29) is 36.4 Å². The number of anilines is 1. The largest absolute Gasteiger partial charge is 0.496 e. The van der Waals surface area contributed by atoms with Crippen LogP contribution in [0.15, 0.2) is 41.3 Å². The number of carbonyl (C=O) groups excluding carboxylic acids is 4. The first-order valence-corrected chi connectivity index (χ1v) is 20.8. The third kappa shape index (κ3) is 7.89. The predicted octanol–water partition coefficient (Wildman–Crippen LogP) is 2.95. The minimum atomic E-state index is -0.624. The van der Waals surface area contributed by atoms with E-state index in [4.69, 9.17) is 9.47 Å². The number of hydrogen-bond acceptors (Lipinski definition) is 10. The topological polar surface area (TPSA) is 149 Å². The third-order valence-electron chi connectivity index (χ3n) is 13.0. The first-order valence-electron chi connectivity index (χ1n) is 20.8. The van der Waals surface area contributed by atoms with Gasteiger partial charge in [-0.2, -0.15) is 0 Å². The van der Waals surface area contributed by atoms with Crippen LogP contribution in [-0.4, -0.2) is 128 Å². The third-order valence-corrected chi connectivity index (χ3v) is 13.0. The molecule has 3 aromatic rings. The average molecular weight is 809 g/mol. The van der Waals surface area contributed by atoms with Gasteiger partial charge in [-0.25, -0.2) is 4.79 Å². The van der Waals surface area contributed by atoms with Crippen molar-refractivity contribution in [2.45, 2.75) is 70.2 Å². The molecule has 15 heteroatoms. The van der Waals surface area contributed by atoms with Gasteiger partial charge >= 0.3 is 6.03 Å². The second kappa shape index (κ2) is 16.7. The van der Waals surface area contributed by atoms with E-state index in [1.54, 1.807) is 35.6 Å². The number of ether oxygens (including phenoxy) is 2. The minimum absolute atomic E-state index is 0.101. The van der Waals surface area contributed by atoms with Crippen molar-refractivity contribution in [3.63, 3.8) is 0 Å². The average Bonchev–Trinajstić information content (AvgIpc) is 3.80. The summed E-state index contributed by atoms with van der Waals surface area (Å²) in [5.74, 6) is 1.20. The van der Waals surface area contributed by atoms with Crippen LogP contribution in [-0.2, 0) is 42.7 Å². The lowest BCUT2D eigenvalue weighted by Crippen LogP contribution is -2.52. The Labute approximate surface area is 345 Å². The van der Waals surface area contributed by atoms with Crippen molar-refractivity contribution in [3.8, 4) is 22.6 Å². The number of pyridine rings is 1. The van der Waals surface area contributed by atoms with Gasteiger partial charge < -0.3 is 43.9 Å². The van der Waals surface area contributed by atoms with Gasteiger partial charge in [-0.3, -0.25) is 24.5 Å². The van der Waals surface area contributed by atoms with Crippen LogP contribution in [0.2, 0.25) is 0 Å². The molecule has 3 unspecified atom stereocenters. The number of fused-ring (bicyclic) bond motifs is 3. The van der Waals surface area contributed by atoms with Crippen LogP contribution >= 0.6 is 0 Å². The van der Waals surface area contributed by atoms with Gasteiger partial charge in [0.05, 0.1) is 26.3 Å². The van der Waals surface area contributed by atoms with Crippen molar-refractivity contribution in [3.05, 3.63) is 74.7 Å². The van der Waals surface area contributed by atoms with E-state index in [1.807, 2.05) is 44.6 Å². The zero-order valence-corrected chi connectivity index (χ0v) is 34.8. The Morgan fingerprint density at radius 2 is 1.66 bits per heavy atom. The molecule has 0 bridgehead atoms. The molecular weight excluding hydrogens is 753 g/mol. The molecule has 59 heavy (non-hydrogen) atoms. The number of likely N-dealkylation sites (tertiary alicyclic amines) is 1. The quantitative estimate of drug-likeness (QED) is 0.219. The van der Waals surface area contributed by atoms with E-state index >= 15 is 0 Å². The lowest BCUT2D eigenvalue weighted by Gasteiger charge is -2.39. The molecule has 6 heterocycles. The molecule has 5 aliphatic heterocycles. The van der Waals surface area contributed by atoms with Gasteiger partial charge in [-0.05, 0) is 112 Å². The van der Waals surface area contributed by atoms with Crippen LogP contribution < -0.4 is 30.6 Å². The number of aryl methyl sites for hydroxylation is 1. The second-order valence-corrected chi connectivity index (χ2v) is 16.9. The summed E-state index contributed by atoms with van der Waals surface area (Å²) in [6.07, 6.45) is 6.07. The number of rotatable bonds is 11. The smallest absolute Gasteiger partial charge is 0.317 e. The predicted molar refractivity (Wildman–Crippen MR) is 223 cm³/mol. The van der Waals surface area contributed by atoms with Gasteiger partial charge in [-0.1, -0.05) is 0 Å². The summed E-state index contributed by atoms with van der Waals surface area (Å²) in [5.41, 5.74) is 6.93. The van der Waals surface area contributed by atoms with Crippen molar-refractivity contribution in [1.82, 2.24) is 34.8 Å². The number of hydrogen-bond donors (Lipinski definition) is 2. The Bertz CT molecular complexity index is 2200. The highest BCUT2D eigenvalue weighted by Crippen LogP contribution is 2.39. The molecule has 2 N–H and O–H groups in total. The summed E-state index contributed by atoms with van der Waals surface area (Å²) in [4.78, 5) is 74.9. The van der Waals surface area contributed by atoms with Gasteiger partial charge in [0.1, 0.15) is 17.5 Å². The van der Waals surface area contributed by atoms with Gasteiger partial charge in [0.25, 0.3) is 11.5 Å². The minimum Gasteiger partial charge on any atom is -0.496 e. The summed E-state index contributed by atoms with van der Waals surface area (Å²) in [6.45, 7) is 6.07. The van der Waals surface area contributed by atoms with E-state index in [0.717, 1.165) is 90.4 Å². The molecule has 3 saturated heterocycles. The molecule has 0 radical (unpaired) electrons. The van der Waals surface area contributed by atoms with Crippen LogP contribution in [0.4, 0.5) is 10.5 Å². The second-order valence-electron chi connectivity index (χ2n) is 16.9. The van der Waals surface area contributed by atoms with Crippen molar-refractivity contribution in [1.29, 1.82) is 0 Å². The van der Waals surface area contributed by atoms with E-state index in [2.05, 4.69) is 31.4 Å². The number of benzene rings is 2. The number of aromatic nitrogens is 1. The molecule has 3 fully saturated rings. The van der Waals surface area contributed by atoms with Gasteiger partial charge in [0.15, 0.2) is 0 Å². The number of piperidine rings is 2. The normalized spacial score (nSPS) is 21.7. The SMILES string of the molecule is COc1cc(-c2cn(C)c(=O)c3c2CCN(C(=O)NCCCN2CCC4CCN(c5ccc6c(c5)CN(C5CCC(=O)NC5=O)C6=O)C4C2)C3)cc(OC)c1CN(C)C. The van der Waals surface area contributed by atoms with Gasteiger partial charge in [0.2, 0.25) is 11.8 Å². The van der Waals surface area contributed by atoms with E-state index in [1.165, 1.54) is 0 Å². The number of nitrogens with zero attached hydrogens (tertiary/aromatic N) is 6. The first-order chi connectivity index (χ1) is 28.4. The lowest BCUT2D eigenvalue weighted by molar-refractivity contribution is -0.136. The number of imide groups is 1. The number of methoxy groups -OCH3 is 2. The van der Waals surface area contributed by atoms with Crippen molar-refractivity contribution < 1.29 is 28.7 Å². The molecule has 0 saturated carbocycles. The molecular formula is C44H56N8O7. The van der Waals surface area contributed by atoms with Gasteiger partial charge in [-0.15, -0.1) is 0 Å². The Balaban J connectivity index is 0.861. The lowest BCUT2D eigenvalue weighted by atomic mass is 9.91. The zero-order chi connectivity index (χ0) is 41.5. The number of urea groups is 1. The Kier molecular flexibility index (Phi) is 11.4. The summed E-state index contributed by atoms with van der Waals surface area (Å²) in [6, 6.07) is 9.63. The fourth-order valence-corrected chi connectivity index (χ4v) is 9.91. The molecule has 0 aliphatic carbocycles. The van der Waals surface area contributed by atoms with Crippen molar-refractivity contribution >= 4 is 29.4 Å². The standard InChI is InChI=1S/C44H56N8O7/c1-47(2)23-35-38(58-4)20-28(21-39(35)59-5)33-24-48(3)42(55)34-25-50(17-13-32(33)34)44(57)45-14-6-15-49-16-11-27-12-18-51(37(27)26-49)30-7-8-31-29(19-30)22-52(43(31)56)36-9-10-40(53)46-41(36)54/h7-8,19-21,24,27,36-37H,6,9-18,22-23,25-26H2,1-5H3,(H,45,57)(H,46,53,54). The molecule has 8 rings (SSSR count). The fraction of sp³-hybridized carbons (Fsp3) is 0.523. The van der Waals surface area contributed by atoms with E-state index in [9.17, 15) is 24.0 Å². The summed E-state index contributed by atoms with van der Waals surface area (Å²) in [7, 11) is 9.05. The summed E-state index contributed by atoms with van der Waals surface area (Å²) in [5, 5.41) is 5.51. The highest BCUT2D eigenvalue weighted by Gasteiger charge is 2.41. The molecule has 314 valence electrons. The van der Waals surface area contributed by atoms with Crippen LogP contribution in [0.3, 0.4) is 0 Å². The maximum atomic E-state index is 13.5. The van der Waals surface area contributed by atoms with Crippen LogP contribution in [0.5, 0.6) is 11.5 Å².